The molecular weight excluding hydrogens is 276 g/mol. The van der Waals surface area contributed by atoms with Crippen molar-refractivity contribution in [1.29, 1.82) is 0 Å². The quantitative estimate of drug-likeness (QED) is 0.677. The molecule has 1 amide bonds. The number of rotatable bonds is 5. The van der Waals surface area contributed by atoms with Gasteiger partial charge in [0.25, 0.3) is 5.91 Å². The summed E-state index contributed by atoms with van der Waals surface area (Å²) in [6.07, 6.45) is 4.37. The number of para-hydroxylation sites is 1. The van der Waals surface area contributed by atoms with Crippen LogP contribution in [-0.4, -0.2) is 29.5 Å². The van der Waals surface area contributed by atoms with Crippen LogP contribution >= 0.6 is 0 Å². The van der Waals surface area contributed by atoms with Crippen LogP contribution in [0.5, 0.6) is 0 Å². The molecule has 5 nitrogen and oxygen atoms in total. The lowest BCUT2D eigenvalue weighted by molar-refractivity contribution is 0.0954. The Morgan fingerprint density at radius 2 is 2.09 bits per heavy atom. The van der Waals surface area contributed by atoms with E-state index >= 15 is 0 Å². The third kappa shape index (κ3) is 2.93. The van der Waals surface area contributed by atoms with Crippen LogP contribution in [0.4, 0.5) is 5.82 Å². The maximum atomic E-state index is 12.1. The maximum Gasteiger partial charge on any atom is 0.252 e. The van der Waals surface area contributed by atoms with Gasteiger partial charge >= 0.3 is 0 Å². The molecule has 0 saturated heterocycles. The summed E-state index contributed by atoms with van der Waals surface area (Å²) in [7, 11) is 1.79. The Morgan fingerprint density at radius 1 is 1.23 bits per heavy atom. The Kier molecular flexibility index (Phi) is 4.05. The van der Waals surface area contributed by atoms with Gasteiger partial charge < -0.3 is 15.6 Å². The smallest absolute Gasteiger partial charge is 0.252 e. The second-order valence-corrected chi connectivity index (χ2v) is 5.05. The molecule has 0 aliphatic carbocycles. The third-order valence-electron chi connectivity index (χ3n) is 3.64. The lowest BCUT2D eigenvalue weighted by Crippen LogP contribution is -2.25. The first kappa shape index (κ1) is 14.1. The predicted molar refractivity (Wildman–Crippen MR) is 88.1 cm³/mol. The molecule has 2 heterocycles. The van der Waals surface area contributed by atoms with Gasteiger partial charge in [-0.1, -0.05) is 18.2 Å². The van der Waals surface area contributed by atoms with Crippen LogP contribution in [0.2, 0.25) is 0 Å². The van der Waals surface area contributed by atoms with Gasteiger partial charge in [0.15, 0.2) is 0 Å². The number of hydrogen-bond acceptors (Lipinski definition) is 3. The van der Waals surface area contributed by atoms with Crippen LogP contribution in [0.15, 0.2) is 48.8 Å². The van der Waals surface area contributed by atoms with Gasteiger partial charge in [0.1, 0.15) is 5.82 Å². The van der Waals surface area contributed by atoms with Crippen LogP contribution < -0.4 is 10.6 Å². The van der Waals surface area contributed by atoms with Gasteiger partial charge in [0.05, 0.1) is 5.56 Å². The van der Waals surface area contributed by atoms with E-state index in [1.807, 2.05) is 24.4 Å². The zero-order chi connectivity index (χ0) is 15.4. The van der Waals surface area contributed by atoms with Crippen molar-refractivity contribution in [2.75, 3.05) is 18.9 Å². The van der Waals surface area contributed by atoms with Gasteiger partial charge in [-0.3, -0.25) is 4.79 Å². The minimum atomic E-state index is -0.102. The van der Waals surface area contributed by atoms with Gasteiger partial charge in [-0.2, -0.15) is 0 Å². The first-order chi connectivity index (χ1) is 10.8. The summed E-state index contributed by atoms with van der Waals surface area (Å²) >= 11 is 0. The zero-order valence-electron chi connectivity index (χ0n) is 12.4. The molecule has 0 saturated carbocycles. The highest BCUT2D eigenvalue weighted by atomic mass is 16.1. The molecule has 5 heteroatoms. The molecule has 0 aliphatic rings. The molecular formula is C17H18N4O. The minimum absolute atomic E-state index is 0.102. The van der Waals surface area contributed by atoms with E-state index in [1.165, 1.54) is 10.9 Å². The number of nitrogens with one attached hydrogen (secondary N) is 3. The Labute approximate surface area is 128 Å². The number of anilines is 1. The number of amides is 1. The summed E-state index contributed by atoms with van der Waals surface area (Å²) in [5.41, 5.74) is 2.90. The third-order valence-corrected chi connectivity index (χ3v) is 3.64. The molecule has 22 heavy (non-hydrogen) atoms. The lowest BCUT2D eigenvalue weighted by atomic mass is 10.1. The summed E-state index contributed by atoms with van der Waals surface area (Å²) in [5.74, 6) is 0.644. The number of benzene rings is 1. The molecule has 0 spiro atoms. The van der Waals surface area contributed by atoms with E-state index < -0.39 is 0 Å². The fraction of sp³-hybridized carbons (Fsp3) is 0.176. The monoisotopic (exact) mass is 294 g/mol. The number of fused-ring (bicyclic) bond motifs is 1. The van der Waals surface area contributed by atoms with Crippen molar-refractivity contribution in [3.05, 3.63) is 59.9 Å². The molecule has 3 aromatic rings. The topological polar surface area (TPSA) is 69.8 Å². The average Bonchev–Trinajstić information content (AvgIpc) is 2.98. The van der Waals surface area contributed by atoms with Crippen molar-refractivity contribution in [2.45, 2.75) is 6.42 Å². The van der Waals surface area contributed by atoms with Crippen molar-refractivity contribution >= 4 is 22.6 Å². The molecule has 2 aromatic heterocycles. The standard InChI is InChI=1S/C17H18N4O/c1-18-16-7-6-13(11-21-16)17(22)19-9-8-12-10-20-15-5-3-2-4-14(12)15/h2-7,10-11,20H,8-9H2,1H3,(H,18,21)(H,19,22). The van der Waals surface area contributed by atoms with E-state index in [-0.39, 0.29) is 5.91 Å². The van der Waals surface area contributed by atoms with Crippen molar-refractivity contribution < 1.29 is 4.79 Å². The van der Waals surface area contributed by atoms with Crippen LogP contribution in [-0.2, 0) is 6.42 Å². The molecule has 0 unspecified atom stereocenters. The second-order valence-electron chi connectivity index (χ2n) is 5.05. The van der Waals surface area contributed by atoms with Gasteiger partial charge in [-0.15, -0.1) is 0 Å². The molecule has 0 radical (unpaired) electrons. The normalized spacial score (nSPS) is 10.6. The first-order valence-electron chi connectivity index (χ1n) is 7.25. The molecule has 0 aliphatic heterocycles. The number of nitrogens with zero attached hydrogens (tertiary/aromatic N) is 1. The summed E-state index contributed by atoms with van der Waals surface area (Å²) < 4.78 is 0. The van der Waals surface area contributed by atoms with Gasteiger partial charge in [0.2, 0.25) is 0 Å². The number of aromatic nitrogens is 2. The number of aromatic amines is 1. The Bertz CT molecular complexity index is 777. The summed E-state index contributed by atoms with van der Waals surface area (Å²) in [4.78, 5) is 19.4. The highest BCUT2D eigenvalue weighted by molar-refractivity contribution is 5.94. The molecule has 0 atom stereocenters. The highest BCUT2D eigenvalue weighted by Gasteiger charge is 2.07. The van der Waals surface area contributed by atoms with E-state index in [4.69, 9.17) is 0 Å². The van der Waals surface area contributed by atoms with Crippen LogP contribution in [0.25, 0.3) is 10.9 Å². The SMILES string of the molecule is CNc1ccc(C(=O)NCCc2c[nH]c3ccccc23)cn1. The summed E-state index contributed by atoms with van der Waals surface area (Å²) in [5, 5.41) is 7.06. The van der Waals surface area contributed by atoms with Crippen LogP contribution in [0.1, 0.15) is 15.9 Å². The number of hydrogen-bond donors (Lipinski definition) is 3. The lowest BCUT2D eigenvalue weighted by Gasteiger charge is -2.05. The van der Waals surface area contributed by atoms with Crippen molar-refractivity contribution in [3.63, 3.8) is 0 Å². The number of carbonyl (C=O) groups excluding carboxylic acids is 1. The molecule has 0 bridgehead atoms. The van der Waals surface area contributed by atoms with E-state index in [2.05, 4.69) is 26.7 Å². The fourth-order valence-electron chi connectivity index (χ4n) is 2.43. The van der Waals surface area contributed by atoms with Crippen molar-refractivity contribution in [3.8, 4) is 0 Å². The zero-order valence-corrected chi connectivity index (χ0v) is 12.4. The van der Waals surface area contributed by atoms with E-state index in [1.54, 1.807) is 25.4 Å². The molecule has 3 N–H and O–H groups in total. The van der Waals surface area contributed by atoms with Crippen LogP contribution in [0, 0.1) is 0 Å². The Morgan fingerprint density at radius 3 is 2.86 bits per heavy atom. The fourth-order valence-corrected chi connectivity index (χ4v) is 2.43. The number of H-pyrrole nitrogens is 1. The van der Waals surface area contributed by atoms with Gasteiger partial charge in [-0.05, 0) is 30.2 Å². The van der Waals surface area contributed by atoms with E-state index in [9.17, 15) is 4.79 Å². The second kappa shape index (κ2) is 6.30. The largest absolute Gasteiger partial charge is 0.373 e. The van der Waals surface area contributed by atoms with Crippen molar-refractivity contribution in [1.82, 2.24) is 15.3 Å². The molecule has 0 fully saturated rings. The van der Waals surface area contributed by atoms with E-state index in [0.717, 1.165) is 17.8 Å². The number of carbonyl (C=O) groups is 1. The maximum absolute atomic E-state index is 12.1. The van der Waals surface area contributed by atoms with Crippen LogP contribution in [0.3, 0.4) is 0 Å². The minimum Gasteiger partial charge on any atom is -0.373 e. The van der Waals surface area contributed by atoms with Crippen molar-refractivity contribution in [2.24, 2.45) is 0 Å². The average molecular weight is 294 g/mol. The Balaban J connectivity index is 1.59. The Hall–Kier alpha value is -2.82. The molecule has 1 aromatic carbocycles. The number of pyridine rings is 1. The highest BCUT2D eigenvalue weighted by Crippen LogP contribution is 2.17. The summed E-state index contributed by atoms with van der Waals surface area (Å²) in [6.45, 7) is 0.592. The predicted octanol–water partition coefficient (Wildman–Crippen LogP) is 2.58. The van der Waals surface area contributed by atoms with E-state index in [0.29, 0.717) is 12.1 Å². The van der Waals surface area contributed by atoms with Gasteiger partial charge in [-0.25, -0.2) is 4.98 Å². The summed E-state index contributed by atoms with van der Waals surface area (Å²) in [6, 6.07) is 11.7. The first-order valence-corrected chi connectivity index (χ1v) is 7.25. The van der Waals surface area contributed by atoms with Gasteiger partial charge in [0, 0.05) is 36.9 Å². The molecule has 112 valence electrons. The molecule has 3 rings (SSSR count).